The van der Waals surface area contributed by atoms with Gasteiger partial charge in [0.1, 0.15) is 5.50 Å². The van der Waals surface area contributed by atoms with E-state index in [1.807, 2.05) is 0 Å². The van der Waals surface area contributed by atoms with Gasteiger partial charge in [-0.2, -0.15) is 0 Å². The van der Waals surface area contributed by atoms with E-state index in [2.05, 4.69) is 19.2 Å². The maximum absolute atomic E-state index is 9.28. The Bertz CT molecular complexity index is 271. The third-order valence-electron chi connectivity index (χ3n) is 5.22. The zero-order valence-electron chi connectivity index (χ0n) is 18.1. The van der Waals surface area contributed by atoms with Gasteiger partial charge in [0.15, 0.2) is 0 Å². The third-order valence-corrected chi connectivity index (χ3v) is 5.74. The first-order valence-electron chi connectivity index (χ1n) is 11.6. The lowest BCUT2D eigenvalue weighted by atomic mass is 10.0. The second-order valence-corrected chi connectivity index (χ2v) is 9.05. The van der Waals surface area contributed by atoms with Crippen LogP contribution in [0, 0.1) is 5.92 Å². The molecule has 0 fully saturated rings. The lowest BCUT2D eigenvalue weighted by Gasteiger charge is -2.13. The number of halogens is 1. The zero-order chi connectivity index (χ0) is 19.5. The molecule has 0 aromatic carbocycles. The van der Waals surface area contributed by atoms with Gasteiger partial charge >= 0.3 is 0 Å². The first-order valence-corrected chi connectivity index (χ1v) is 12.0. The van der Waals surface area contributed by atoms with Crippen LogP contribution in [-0.2, 0) is 0 Å². The molecular formula is C23H48ClNO. The maximum Gasteiger partial charge on any atom is 0.108 e. The van der Waals surface area contributed by atoms with Crippen LogP contribution in [0.5, 0.6) is 0 Å². The molecule has 0 aliphatic carbocycles. The molecule has 2 nitrogen and oxygen atoms in total. The number of unbranched alkanes of at least 4 members (excludes halogenated alkanes) is 14. The molecule has 26 heavy (non-hydrogen) atoms. The Labute approximate surface area is 169 Å². The van der Waals surface area contributed by atoms with E-state index in [0.29, 0.717) is 0 Å². The minimum atomic E-state index is -0.480. The second kappa shape index (κ2) is 20.0. The van der Waals surface area contributed by atoms with Crippen LogP contribution < -0.4 is 5.32 Å². The van der Waals surface area contributed by atoms with Gasteiger partial charge in [0, 0.05) is 0 Å². The van der Waals surface area contributed by atoms with E-state index < -0.39 is 6.10 Å². The number of aliphatic hydroxyl groups excluding tert-OH is 1. The molecule has 0 saturated carbocycles. The predicted octanol–water partition coefficient (Wildman–Crippen LogP) is 7.42. The molecule has 3 heteroatoms. The summed E-state index contributed by atoms with van der Waals surface area (Å²) >= 11 is 5.94. The summed E-state index contributed by atoms with van der Waals surface area (Å²) in [6.45, 7) is 7.29. The number of hydrogen-bond donors (Lipinski definition) is 2. The Balaban J connectivity index is 3.05. The van der Waals surface area contributed by atoms with Gasteiger partial charge < -0.3 is 5.11 Å². The molecule has 0 radical (unpaired) electrons. The minimum absolute atomic E-state index is 0.306. The average Bonchev–Trinajstić information content (AvgIpc) is 2.60. The molecule has 2 N–H and O–H groups in total. The largest absolute Gasteiger partial charge is 0.390 e. The summed E-state index contributed by atoms with van der Waals surface area (Å²) in [4.78, 5) is 0. The normalized spacial score (nSPS) is 14.1. The molecule has 2 unspecified atom stereocenters. The Hall–Kier alpha value is 0.210. The highest BCUT2D eigenvalue weighted by atomic mass is 35.5. The number of rotatable bonds is 20. The Morgan fingerprint density at radius 2 is 0.962 bits per heavy atom. The van der Waals surface area contributed by atoms with Crippen LogP contribution in [0.4, 0.5) is 0 Å². The molecule has 0 saturated heterocycles. The molecule has 0 amide bonds. The van der Waals surface area contributed by atoms with Gasteiger partial charge in [-0.25, -0.2) is 0 Å². The Morgan fingerprint density at radius 1 is 0.615 bits per heavy atom. The molecule has 0 heterocycles. The van der Waals surface area contributed by atoms with Crippen LogP contribution in [-0.4, -0.2) is 23.3 Å². The summed E-state index contributed by atoms with van der Waals surface area (Å²) in [7, 11) is 0. The topological polar surface area (TPSA) is 32.3 Å². The summed E-state index contributed by atoms with van der Waals surface area (Å²) < 4.78 is 0. The first-order chi connectivity index (χ1) is 12.5. The Kier molecular flexibility index (Phi) is 20.1. The molecule has 0 bridgehead atoms. The lowest BCUT2D eigenvalue weighted by Crippen LogP contribution is -2.33. The van der Waals surface area contributed by atoms with Crippen molar-refractivity contribution in [2.45, 2.75) is 135 Å². The van der Waals surface area contributed by atoms with Crippen molar-refractivity contribution in [2.75, 3.05) is 6.54 Å². The molecular weight excluding hydrogens is 342 g/mol. The third kappa shape index (κ3) is 20.5. The van der Waals surface area contributed by atoms with Crippen molar-refractivity contribution in [1.82, 2.24) is 5.32 Å². The van der Waals surface area contributed by atoms with Crippen LogP contribution in [0.1, 0.15) is 124 Å². The molecule has 0 aliphatic heterocycles. The van der Waals surface area contributed by atoms with Gasteiger partial charge in [0.05, 0.1) is 6.10 Å². The van der Waals surface area contributed by atoms with Crippen molar-refractivity contribution < 1.29 is 5.11 Å². The van der Waals surface area contributed by atoms with E-state index in [1.165, 1.54) is 96.3 Å². The van der Waals surface area contributed by atoms with E-state index in [4.69, 9.17) is 11.6 Å². The first kappa shape index (κ1) is 26.2. The SMILES string of the molecule is CC(C)CCCCCCCCCCCCCCCCCNC(Cl)C(C)O. The standard InChI is InChI=1S/C23H48ClNO/c1-21(2)19-17-15-13-11-9-7-5-4-6-8-10-12-14-16-18-20-25-23(24)22(3)26/h21-23,25-26H,4-20H2,1-3H3. The highest BCUT2D eigenvalue weighted by Crippen LogP contribution is 2.14. The van der Waals surface area contributed by atoms with Gasteiger partial charge in [0.25, 0.3) is 0 Å². The van der Waals surface area contributed by atoms with Gasteiger partial charge in [0.2, 0.25) is 0 Å². The average molecular weight is 390 g/mol. The van der Waals surface area contributed by atoms with Crippen molar-refractivity contribution in [1.29, 1.82) is 0 Å². The fourth-order valence-corrected chi connectivity index (χ4v) is 3.50. The van der Waals surface area contributed by atoms with Crippen molar-refractivity contribution in [3.05, 3.63) is 0 Å². The van der Waals surface area contributed by atoms with Crippen molar-refractivity contribution in [3.8, 4) is 0 Å². The van der Waals surface area contributed by atoms with Gasteiger partial charge in [-0.05, 0) is 25.8 Å². The fraction of sp³-hybridized carbons (Fsp3) is 1.00. The number of alkyl halides is 1. The molecule has 0 rings (SSSR count). The van der Waals surface area contributed by atoms with E-state index in [0.717, 1.165) is 18.9 Å². The minimum Gasteiger partial charge on any atom is -0.390 e. The van der Waals surface area contributed by atoms with Gasteiger partial charge in [-0.3, -0.25) is 5.32 Å². The smallest absolute Gasteiger partial charge is 0.108 e. The van der Waals surface area contributed by atoms with Gasteiger partial charge in [-0.1, -0.05) is 110 Å². The highest BCUT2D eigenvalue weighted by Gasteiger charge is 2.08. The second-order valence-electron chi connectivity index (χ2n) is 8.58. The number of nitrogens with one attached hydrogen (secondary N) is 1. The maximum atomic E-state index is 9.28. The van der Waals surface area contributed by atoms with Crippen molar-refractivity contribution in [3.63, 3.8) is 0 Å². The van der Waals surface area contributed by atoms with E-state index >= 15 is 0 Å². The fourth-order valence-electron chi connectivity index (χ4n) is 3.39. The molecule has 0 aromatic heterocycles. The van der Waals surface area contributed by atoms with Crippen LogP contribution in [0.2, 0.25) is 0 Å². The summed E-state index contributed by atoms with van der Waals surface area (Å²) in [5.74, 6) is 0.881. The van der Waals surface area contributed by atoms with Crippen molar-refractivity contribution >= 4 is 11.6 Å². The van der Waals surface area contributed by atoms with E-state index in [1.54, 1.807) is 6.92 Å². The zero-order valence-corrected chi connectivity index (χ0v) is 18.8. The molecule has 2 atom stereocenters. The number of hydrogen-bond acceptors (Lipinski definition) is 2. The van der Waals surface area contributed by atoms with Crippen LogP contribution in [0.25, 0.3) is 0 Å². The van der Waals surface area contributed by atoms with E-state index in [-0.39, 0.29) is 5.50 Å². The van der Waals surface area contributed by atoms with Gasteiger partial charge in [-0.15, -0.1) is 11.6 Å². The van der Waals surface area contributed by atoms with Crippen molar-refractivity contribution in [2.24, 2.45) is 5.92 Å². The van der Waals surface area contributed by atoms with Crippen LogP contribution in [0.3, 0.4) is 0 Å². The molecule has 158 valence electrons. The number of aliphatic hydroxyl groups is 1. The molecule has 0 spiro atoms. The summed E-state index contributed by atoms with van der Waals surface area (Å²) in [5.41, 5.74) is -0.306. The highest BCUT2D eigenvalue weighted by molar-refractivity contribution is 6.20. The summed E-state index contributed by atoms with van der Waals surface area (Å²) in [6.07, 6.45) is 21.9. The lowest BCUT2D eigenvalue weighted by molar-refractivity contribution is 0.176. The summed E-state index contributed by atoms with van der Waals surface area (Å²) in [5, 5.41) is 12.4. The van der Waals surface area contributed by atoms with Crippen LogP contribution in [0.15, 0.2) is 0 Å². The monoisotopic (exact) mass is 389 g/mol. The predicted molar refractivity (Wildman–Crippen MR) is 118 cm³/mol. The molecule has 0 aliphatic rings. The quantitative estimate of drug-likeness (QED) is 0.129. The Morgan fingerprint density at radius 3 is 1.31 bits per heavy atom. The summed E-state index contributed by atoms with van der Waals surface area (Å²) in [6, 6.07) is 0. The van der Waals surface area contributed by atoms with Crippen LogP contribution >= 0.6 is 11.6 Å². The molecule has 0 aromatic rings. The van der Waals surface area contributed by atoms with E-state index in [9.17, 15) is 5.11 Å².